The van der Waals surface area contributed by atoms with Gasteiger partial charge < -0.3 is 10.5 Å². The van der Waals surface area contributed by atoms with Crippen molar-refractivity contribution in [2.24, 2.45) is 5.73 Å². The summed E-state index contributed by atoms with van der Waals surface area (Å²) >= 11 is 0. The molecule has 0 radical (unpaired) electrons. The summed E-state index contributed by atoms with van der Waals surface area (Å²) in [5.41, 5.74) is 5.46. The lowest BCUT2D eigenvalue weighted by Crippen LogP contribution is -2.56. The van der Waals surface area contributed by atoms with Crippen LogP contribution < -0.4 is 5.73 Å². The lowest BCUT2D eigenvalue weighted by atomic mass is 10.0. The van der Waals surface area contributed by atoms with Crippen molar-refractivity contribution in [2.75, 3.05) is 19.7 Å². The smallest absolute Gasteiger partial charge is 0.250 e. The van der Waals surface area contributed by atoms with E-state index in [1.807, 2.05) is 0 Å². The zero-order valence-corrected chi connectivity index (χ0v) is 9.80. The number of nitrogens with zero attached hydrogens (tertiary/aromatic N) is 3. The molecule has 1 aliphatic heterocycles. The summed E-state index contributed by atoms with van der Waals surface area (Å²) in [6, 6.07) is 0. The largest absolute Gasteiger partial charge is 0.367 e. The highest BCUT2D eigenvalue weighted by Gasteiger charge is 2.37. The second-order valence-electron chi connectivity index (χ2n) is 4.40. The molecule has 2 N–H and O–H groups in total. The number of primary amides is 1. The third-order valence-electron chi connectivity index (χ3n) is 2.89. The average Bonchev–Trinajstić information content (AvgIpc) is 2.30. The molecule has 0 aromatic carbocycles. The van der Waals surface area contributed by atoms with Crippen molar-refractivity contribution in [3.63, 3.8) is 0 Å². The topological polar surface area (TPSA) is 81.3 Å². The van der Waals surface area contributed by atoms with Crippen molar-refractivity contribution in [3.8, 4) is 0 Å². The Morgan fingerprint density at radius 1 is 1.59 bits per heavy atom. The Labute approximate surface area is 99.8 Å². The van der Waals surface area contributed by atoms with Crippen LogP contribution in [-0.2, 0) is 16.1 Å². The zero-order chi connectivity index (χ0) is 12.3. The summed E-state index contributed by atoms with van der Waals surface area (Å²) < 4.78 is 5.45. The second-order valence-corrected chi connectivity index (χ2v) is 4.40. The van der Waals surface area contributed by atoms with Crippen LogP contribution in [0.2, 0.25) is 0 Å². The van der Waals surface area contributed by atoms with Gasteiger partial charge >= 0.3 is 0 Å². The van der Waals surface area contributed by atoms with E-state index in [1.165, 1.54) is 6.33 Å². The minimum Gasteiger partial charge on any atom is -0.367 e. The molecule has 2 rings (SSSR count). The SMILES string of the molecule is C[C@]1(C(N)=O)CN(Cc2cncnc2)CCO1. The molecule has 17 heavy (non-hydrogen) atoms. The number of nitrogens with two attached hydrogens (primary N) is 1. The van der Waals surface area contributed by atoms with Crippen molar-refractivity contribution >= 4 is 5.91 Å². The molecule has 0 unspecified atom stereocenters. The van der Waals surface area contributed by atoms with Crippen molar-refractivity contribution in [3.05, 3.63) is 24.3 Å². The maximum absolute atomic E-state index is 11.3. The fourth-order valence-corrected chi connectivity index (χ4v) is 1.91. The van der Waals surface area contributed by atoms with E-state index in [1.54, 1.807) is 19.3 Å². The van der Waals surface area contributed by atoms with Gasteiger partial charge in [0.1, 0.15) is 6.33 Å². The second kappa shape index (κ2) is 4.77. The lowest BCUT2D eigenvalue weighted by molar-refractivity contribution is -0.153. The number of amides is 1. The number of hydrogen-bond acceptors (Lipinski definition) is 5. The van der Waals surface area contributed by atoms with Crippen LogP contribution >= 0.6 is 0 Å². The average molecular weight is 236 g/mol. The maximum Gasteiger partial charge on any atom is 0.250 e. The van der Waals surface area contributed by atoms with Gasteiger partial charge in [0.15, 0.2) is 5.60 Å². The summed E-state index contributed by atoms with van der Waals surface area (Å²) in [4.78, 5) is 21.4. The van der Waals surface area contributed by atoms with Crippen LogP contribution in [0.4, 0.5) is 0 Å². The van der Waals surface area contributed by atoms with Gasteiger partial charge in [-0.25, -0.2) is 9.97 Å². The van der Waals surface area contributed by atoms with E-state index in [2.05, 4.69) is 14.9 Å². The lowest BCUT2D eigenvalue weighted by Gasteiger charge is -2.38. The van der Waals surface area contributed by atoms with Crippen LogP contribution in [0.3, 0.4) is 0 Å². The molecule has 1 aromatic rings. The molecule has 1 aliphatic rings. The number of rotatable bonds is 3. The molecule has 1 atom stereocenters. The molecule has 92 valence electrons. The molecule has 1 fully saturated rings. The summed E-state index contributed by atoms with van der Waals surface area (Å²) in [5, 5.41) is 0. The van der Waals surface area contributed by atoms with Crippen LogP contribution in [-0.4, -0.2) is 46.1 Å². The normalized spacial score (nSPS) is 25.7. The number of morpholine rings is 1. The monoisotopic (exact) mass is 236 g/mol. The molecule has 0 saturated carbocycles. The Bertz CT molecular complexity index is 398. The molecule has 1 saturated heterocycles. The van der Waals surface area contributed by atoms with Gasteiger partial charge in [-0.1, -0.05) is 0 Å². The highest BCUT2D eigenvalue weighted by molar-refractivity contribution is 5.83. The number of carbonyl (C=O) groups excluding carboxylic acids is 1. The van der Waals surface area contributed by atoms with Gasteiger partial charge in [-0.05, 0) is 6.92 Å². The zero-order valence-electron chi connectivity index (χ0n) is 9.80. The van der Waals surface area contributed by atoms with Gasteiger partial charge in [-0.3, -0.25) is 9.69 Å². The van der Waals surface area contributed by atoms with Crippen molar-refractivity contribution < 1.29 is 9.53 Å². The standard InChI is InChI=1S/C11H16N4O2/c1-11(10(12)16)7-15(2-3-17-11)6-9-4-13-8-14-5-9/h4-5,8H,2-3,6-7H2,1H3,(H2,12,16)/t11-/m1/s1. The molecule has 2 heterocycles. The molecule has 0 spiro atoms. The quantitative estimate of drug-likeness (QED) is 0.769. The predicted molar refractivity (Wildman–Crippen MR) is 60.9 cm³/mol. The predicted octanol–water partition coefficient (Wildman–Crippen LogP) is -0.447. The Balaban J connectivity index is 2.01. The third-order valence-corrected chi connectivity index (χ3v) is 2.89. The van der Waals surface area contributed by atoms with Crippen LogP contribution in [0.25, 0.3) is 0 Å². The van der Waals surface area contributed by atoms with Gasteiger partial charge in [-0.2, -0.15) is 0 Å². The number of carbonyl (C=O) groups is 1. The molecular weight excluding hydrogens is 220 g/mol. The number of ether oxygens (including phenoxy) is 1. The van der Waals surface area contributed by atoms with Crippen molar-refractivity contribution in [1.29, 1.82) is 0 Å². The minimum atomic E-state index is -0.895. The van der Waals surface area contributed by atoms with Gasteiger partial charge in [0.25, 0.3) is 5.91 Å². The minimum absolute atomic E-state index is 0.425. The summed E-state index contributed by atoms with van der Waals surface area (Å²) in [5.74, 6) is -0.425. The summed E-state index contributed by atoms with van der Waals surface area (Å²) in [7, 11) is 0. The van der Waals surface area contributed by atoms with Gasteiger partial charge in [-0.15, -0.1) is 0 Å². The number of aromatic nitrogens is 2. The van der Waals surface area contributed by atoms with Crippen LogP contribution in [0, 0.1) is 0 Å². The van der Waals surface area contributed by atoms with Crippen LogP contribution in [0.1, 0.15) is 12.5 Å². The van der Waals surface area contributed by atoms with Crippen LogP contribution in [0.5, 0.6) is 0 Å². The fraction of sp³-hybridized carbons (Fsp3) is 0.545. The Morgan fingerprint density at radius 3 is 2.94 bits per heavy atom. The first-order valence-electron chi connectivity index (χ1n) is 5.50. The van der Waals surface area contributed by atoms with Gasteiger partial charge in [0.05, 0.1) is 6.61 Å². The fourth-order valence-electron chi connectivity index (χ4n) is 1.91. The van der Waals surface area contributed by atoms with E-state index in [-0.39, 0.29) is 0 Å². The van der Waals surface area contributed by atoms with Gasteiger partial charge in [0, 0.05) is 37.6 Å². The number of hydrogen-bond donors (Lipinski definition) is 1. The molecule has 1 aromatic heterocycles. The third kappa shape index (κ3) is 2.78. The van der Waals surface area contributed by atoms with E-state index < -0.39 is 11.5 Å². The Hall–Kier alpha value is -1.53. The molecular formula is C11H16N4O2. The van der Waals surface area contributed by atoms with Crippen molar-refractivity contribution in [1.82, 2.24) is 14.9 Å². The molecule has 6 heteroatoms. The van der Waals surface area contributed by atoms with E-state index in [0.717, 1.165) is 12.1 Å². The van der Waals surface area contributed by atoms with E-state index in [9.17, 15) is 4.79 Å². The molecule has 6 nitrogen and oxygen atoms in total. The maximum atomic E-state index is 11.3. The summed E-state index contributed by atoms with van der Waals surface area (Å²) in [6.45, 7) is 4.21. The Kier molecular flexibility index (Phi) is 3.35. The first-order valence-corrected chi connectivity index (χ1v) is 5.50. The highest BCUT2D eigenvalue weighted by atomic mass is 16.5. The molecule has 0 bridgehead atoms. The van der Waals surface area contributed by atoms with Crippen LogP contribution in [0.15, 0.2) is 18.7 Å². The first-order chi connectivity index (χ1) is 8.10. The Morgan fingerprint density at radius 2 is 2.29 bits per heavy atom. The van der Waals surface area contributed by atoms with Crippen molar-refractivity contribution in [2.45, 2.75) is 19.1 Å². The summed E-state index contributed by atoms with van der Waals surface area (Å²) in [6.07, 6.45) is 5.03. The van der Waals surface area contributed by atoms with Gasteiger partial charge in [0.2, 0.25) is 0 Å². The first kappa shape index (κ1) is 11.9. The highest BCUT2D eigenvalue weighted by Crippen LogP contribution is 2.18. The van der Waals surface area contributed by atoms with E-state index in [4.69, 9.17) is 10.5 Å². The molecule has 0 aliphatic carbocycles. The van der Waals surface area contributed by atoms with E-state index >= 15 is 0 Å². The molecule has 1 amide bonds. The van der Waals surface area contributed by atoms with E-state index in [0.29, 0.717) is 19.7 Å².